The number of hydrogen-bond donors (Lipinski definition) is 2. The molecule has 0 aromatic heterocycles. The summed E-state index contributed by atoms with van der Waals surface area (Å²) in [6.45, 7) is 4.73. The lowest BCUT2D eigenvalue weighted by Gasteiger charge is -2.38. The van der Waals surface area contributed by atoms with Crippen molar-refractivity contribution in [3.8, 4) is 0 Å². The summed E-state index contributed by atoms with van der Waals surface area (Å²) in [7, 11) is 0. The summed E-state index contributed by atoms with van der Waals surface area (Å²) in [6.07, 6.45) is 5.08. The number of nitrogens with one attached hydrogen (secondary N) is 1. The predicted molar refractivity (Wildman–Crippen MR) is 85.1 cm³/mol. The molecule has 0 saturated heterocycles. The molecule has 1 aliphatic rings. The Kier molecular flexibility index (Phi) is 5.40. The first-order chi connectivity index (χ1) is 9.99. The summed E-state index contributed by atoms with van der Waals surface area (Å²) in [5, 5.41) is 13.1. The van der Waals surface area contributed by atoms with Gasteiger partial charge in [-0.3, -0.25) is 4.79 Å². The van der Waals surface area contributed by atoms with Crippen molar-refractivity contribution in [2.24, 2.45) is 5.41 Å². The van der Waals surface area contributed by atoms with Gasteiger partial charge >= 0.3 is 0 Å². The molecule has 0 aliphatic heterocycles. The van der Waals surface area contributed by atoms with E-state index in [4.69, 9.17) is 0 Å². The molecular formula is C18H27NO2. The van der Waals surface area contributed by atoms with Crippen molar-refractivity contribution in [1.82, 2.24) is 5.32 Å². The Morgan fingerprint density at radius 2 is 2.05 bits per heavy atom. The fourth-order valence-corrected chi connectivity index (χ4v) is 2.99. The van der Waals surface area contributed by atoms with Crippen molar-refractivity contribution >= 4 is 5.91 Å². The van der Waals surface area contributed by atoms with Gasteiger partial charge in [0.15, 0.2) is 0 Å². The number of rotatable bonds is 5. The largest absolute Gasteiger partial charge is 0.392 e. The Labute approximate surface area is 127 Å². The molecule has 2 rings (SSSR count). The molecule has 2 atom stereocenters. The van der Waals surface area contributed by atoms with Gasteiger partial charge in [-0.15, -0.1) is 0 Å². The Hall–Kier alpha value is -1.35. The van der Waals surface area contributed by atoms with Crippen LogP contribution in [-0.2, 0) is 11.2 Å². The molecule has 1 aromatic rings. The first kappa shape index (κ1) is 16.0. The minimum atomic E-state index is -0.288. The minimum absolute atomic E-state index is 0.0783. The van der Waals surface area contributed by atoms with Crippen LogP contribution in [0.15, 0.2) is 24.3 Å². The Balaban J connectivity index is 1.75. The molecule has 1 aromatic carbocycles. The summed E-state index contributed by atoms with van der Waals surface area (Å²) in [5.41, 5.74) is 2.28. The monoisotopic (exact) mass is 289 g/mol. The number of carbonyl (C=O) groups is 1. The SMILES string of the molecule is Cc1ccc(CCC(=O)NC[C@@]2(C)CCCC[C@H]2O)cc1. The number of benzene rings is 1. The van der Waals surface area contributed by atoms with Crippen molar-refractivity contribution < 1.29 is 9.90 Å². The van der Waals surface area contributed by atoms with E-state index in [9.17, 15) is 9.90 Å². The van der Waals surface area contributed by atoms with Gasteiger partial charge in [0.2, 0.25) is 5.91 Å². The van der Waals surface area contributed by atoms with E-state index in [-0.39, 0.29) is 17.4 Å². The highest BCUT2D eigenvalue weighted by atomic mass is 16.3. The van der Waals surface area contributed by atoms with Crippen LogP contribution in [0.25, 0.3) is 0 Å². The summed E-state index contributed by atoms with van der Waals surface area (Å²) < 4.78 is 0. The maximum Gasteiger partial charge on any atom is 0.220 e. The topological polar surface area (TPSA) is 49.3 Å². The van der Waals surface area contributed by atoms with Gasteiger partial charge in [-0.25, -0.2) is 0 Å². The highest BCUT2D eigenvalue weighted by Gasteiger charge is 2.35. The quantitative estimate of drug-likeness (QED) is 0.875. The van der Waals surface area contributed by atoms with Crippen LogP contribution in [0.3, 0.4) is 0 Å². The third-order valence-corrected chi connectivity index (χ3v) is 4.73. The molecule has 1 amide bonds. The van der Waals surface area contributed by atoms with E-state index in [1.54, 1.807) is 0 Å². The molecule has 2 N–H and O–H groups in total. The number of aliphatic hydroxyl groups excluding tert-OH is 1. The number of amides is 1. The van der Waals surface area contributed by atoms with E-state index >= 15 is 0 Å². The summed E-state index contributed by atoms with van der Waals surface area (Å²) in [4.78, 5) is 12.0. The molecule has 116 valence electrons. The van der Waals surface area contributed by atoms with Crippen LogP contribution in [0, 0.1) is 12.3 Å². The van der Waals surface area contributed by atoms with Gasteiger partial charge in [-0.2, -0.15) is 0 Å². The zero-order valence-corrected chi connectivity index (χ0v) is 13.2. The lowest BCUT2D eigenvalue weighted by atomic mass is 9.73. The second-order valence-electron chi connectivity index (χ2n) is 6.68. The molecule has 0 bridgehead atoms. The third-order valence-electron chi connectivity index (χ3n) is 4.73. The van der Waals surface area contributed by atoms with Gasteiger partial charge in [0.1, 0.15) is 0 Å². The number of hydrogen-bond acceptors (Lipinski definition) is 2. The zero-order chi connectivity index (χ0) is 15.3. The summed E-state index contributed by atoms with van der Waals surface area (Å²) in [5.74, 6) is 0.0783. The normalized spacial score (nSPS) is 25.6. The highest BCUT2D eigenvalue weighted by Crippen LogP contribution is 2.35. The Morgan fingerprint density at radius 1 is 1.33 bits per heavy atom. The van der Waals surface area contributed by atoms with Crippen LogP contribution < -0.4 is 5.32 Å². The van der Waals surface area contributed by atoms with Crippen LogP contribution >= 0.6 is 0 Å². The average molecular weight is 289 g/mol. The molecule has 0 spiro atoms. The van der Waals surface area contributed by atoms with Gasteiger partial charge in [0.05, 0.1) is 6.10 Å². The third kappa shape index (κ3) is 4.57. The number of aryl methyl sites for hydroxylation is 2. The molecule has 1 aliphatic carbocycles. The molecule has 0 heterocycles. The van der Waals surface area contributed by atoms with Gasteiger partial charge in [-0.05, 0) is 31.7 Å². The highest BCUT2D eigenvalue weighted by molar-refractivity contribution is 5.76. The van der Waals surface area contributed by atoms with E-state index in [0.29, 0.717) is 13.0 Å². The zero-order valence-electron chi connectivity index (χ0n) is 13.2. The molecule has 1 saturated carbocycles. The molecule has 0 radical (unpaired) electrons. The number of carbonyl (C=O) groups excluding carboxylic acids is 1. The lowest BCUT2D eigenvalue weighted by Crippen LogP contribution is -2.45. The van der Waals surface area contributed by atoms with Gasteiger partial charge in [0, 0.05) is 18.4 Å². The van der Waals surface area contributed by atoms with Crippen molar-refractivity contribution in [3.05, 3.63) is 35.4 Å². The summed E-state index contributed by atoms with van der Waals surface area (Å²) >= 11 is 0. The van der Waals surface area contributed by atoms with Gasteiger partial charge < -0.3 is 10.4 Å². The fraction of sp³-hybridized carbons (Fsp3) is 0.611. The van der Waals surface area contributed by atoms with E-state index in [1.165, 1.54) is 11.1 Å². The molecule has 3 heteroatoms. The maximum atomic E-state index is 12.0. The van der Waals surface area contributed by atoms with Crippen LogP contribution in [-0.4, -0.2) is 23.7 Å². The summed E-state index contributed by atoms with van der Waals surface area (Å²) in [6, 6.07) is 8.31. The second kappa shape index (κ2) is 7.08. The first-order valence-corrected chi connectivity index (χ1v) is 8.00. The second-order valence-corrected chi connectivity index (χ2v) is 6.68. The average Bonchev–Trinajstić information content (AvgIpc) is 2.48. The van der Waals surface area contributed by atoms with E-state index in [1.807, 2.05) is 0 Å². The van der Waals surface area contributed by atoms with E-state index in [0.717, 1.165) is 32.1 Å². The van der Waals surface area contributed by atoms with Gasteiger partial charge in [-0.1, -0.05) is 49.6 Å². The standard InChI is InChI=1S/C18H27NO2/c1-14-6-8-15(9-7-14)10-11-17(21)19-13-18(2)12-4-3-5-16(18)20/h6-9,16,20H,3-5,10-13H2,1-2H3,(H,19,21)/t16-,18-/m1/s1. The smallest absolute Gasteiger partial charge is 0.220 e. The molecule has 3 nitrogen and oxygen atoms in total. The molecule has 0 unspecified atom stereocenters. The predicted octanol–water partition coefficient (Wildman–Crippen LogP) is 2.99. The minimum Gasteiger partial charge on any atom is -0.392 e. The molecular weight excluding hydrogens is 262 g/mol. The van der Waals surface area contributed by atoms with Gasteiger partial charge in [0.25, 0.3) is 0 Å². The molecule has 21 heavy (non-hydrogen) atoms. The Morgan fingerprint density at radius 3 is 2.71 bits per heavy atom. The Bertz CT molecular complexity index is 469. The van der Waals surface area contributed by atoms with Crippen molar-refractivity contribution in [2.45, 2.75) is 58.5 Å². The van der Waals surface area contributed by atoms with Crippen molar-refractivity contribution in [1.29, 1.82) is 0 Å². The van der Waals surface area contributed by atoms with Crippen LogP contribution in [0.1, 0.15) is 50.2 Å². The van der Waals surface area contributed by atoms with Crippen molar-refractivity contribution in [2.75, 3.05) is 6.54 Å². The lowest BCUT2D eigenvalue weighted by molar-refractivity contribution is -0.122. The van der Waals surface area contributed by atoms with Crippen molar-refractivity contribution in [3.63, 3.8) is 0 Å². The molecule has 1 fully saturated rings. The van der Waals surface area contributed by atoms with Crippen LogP contribution in [0.4, 0.5) is 0 Å². The fourth-order valence-electron chi connectivity index (χ4n) is 2.99. The maximum absolute atomic E-state index is 12.0. The first-order valence-electron chi connectivity index (χ1n) is 8.00. The van der Waals surface area contributed by atoms with E-state index < -0.39 is 0 Å². The number of aliphatic hydroxyl groups is 1. The van der Waals surface area contributed by atoms with Crippen LogP contribution in [0.2, 0.25) is 0 Å². The van der Waals surface area contributed by atoms with E-state index in [2.05, 4.69) is 43.4 Å². The van der Waals surface area contributed by atoms with Crippen LogP contribution in [0.5, 0.6) is 0 Å².